The lowest BCUT2D eigenvalue weighted by Gasteiger charge is -2.13. The Morgan fingerprint density at radius 1 is 1.09 bits per heavy atom. The molecule has 0 saturated carbocycles. The summed E-state index contributed by atoms with van der Waals surface area (Å²) in [6.45, 7) is 1.70. The lowest BCUT2D eigenvalue weighted by molar-refractivity contribution is -0.127. The second-order valence-corrected chi connectivity index (χ2v) is 8.77. The van der Waals surface area contributed by atoms with Crippen LogP contribution in [-0.2, 0) is 16.2 Å². The van der Waals surface area contributed by atoms with Gasteiger partial charge in [0.15, 0.2) is 0 Å². The summed E-state index contributed by atoms with van der Waals surface area (Å²) in [4.78, 5) is 38.9. The number of anilines is 1. The Hall–Kier alpha value is -4.35. The Bertz CT molecular complexity index is 1380. The molecule has 0 bridgehead atoms. The van der Waals surface area contributed by atoms with Crippen molar-refractivity contribution in [2.24, 2.45) is 0 Å². The van der Waals surface area contributed by atoms with E-state index in [0.717, 1.165) is 27.8 Å². The number of benzene rings is 3. The van der Waals surface area contributed by atoms with Crippen LogP contribution >= 0.6 is 11.8 Å². The summed E-state index contributed by atoms with van der Waals surface area (Å²) in [5.74, 6) is -0.493. The van der Waals surface area contributed by atoms with Crippen LogP contribution in [0.4, 0.5) is 10.5 Å². The summed E-state index contributed by atoms with van der Waals surface area (Å²) in [5.41, 5.74) is 3.45. The standard InChI is InChI=1S/C27H21N3O4S/c1-18-7-6-11-22(13-18)29-25(31)16-30-26(32)24(35-27(30)33)14-19-8-4-5-12-23(19)34-17-21-10-3-2-9-20(21)15-28/h2-14H,16-17H2,1H3,(H,29,31)/b24-14-. The smallest absolute Gasteiger partial charge is 0.294 e. The zero-order chi connectivity index (χ0) is 24.8. The van der Waals surface area contributed by atoms with E-state index in [0.29, 0.717) is 22.6 Å². The molecule has 0 aromatic heterocycles. The predicted molar refractivity (Wildman–Crippen MR) is 134 cm³/mol. The van der Waals surface area contributed by atoms with Crippen molar-refractivity contribution >= 4 is 40.6 Å². The van der Waals surface area contributed by atoms with E-state index in [9.17, 15) is 19.6 Å². The summed E-state index contributed by atoms with van der Waals surface area (Å²) < 4.78 is 5.93. The van der Waals surface area contributed by atoms with Crippen LogP contribution in [0.1, 0.15) is 22.3 Å². The zero-order valence-electron chi connectivity index (χ0n) is 18.9. The number of imide groups is 1. The van der Waals surface area contributed by atoms with Gasteiger partial charge in [-0.25, -0.2) is 0 Å². The third-order valence-corrected chi connectivity index (χ3v) is 6.11. The largest absolute Gasteiger partial charge is 0.488 e. The maximum absolute atomic E-state index is 12.9. The number of hydrogen-bond acceptors (Lipinski definition) is 6. The molecule has 1 aliphatic heterocycles. The monoisotopic (exact) mass is 483 g/mol. The molecule has 0 unspecified atom stereocenters. The zero-order valence-corrected chi connectivity index (χ0v) is 19.7. The second kappa shape index (κ2) is 10.7. The lowest BCUT2D eigenvalue weighted by atomic mass is 10.1. The number of nitriles is 1. The minimum absolute atomic E-state index is 0.176. The Morgan fingerprint density at radius 2 is 1.86 bits per heavy atom. The Labute approximate surface area is 207 Å². The average molecular weight is 484 g/mol. The first kappa shape index (κ1) is 23.8. The van der Waals surface area contributed by atoms with E-state index in [1.807, 2.05) is 31.2 Å². The van der Waals surface area contributed by atoms with Gasteiger partial charge in [-0.1, -0.05) is 48.5 Å². The van der Waals surface area contributed by atoms with Gasteiger partial charge in [-0.2, -0.15) is 5.26 Å². The highest BCUT2D eigenvalue weighted by atomic mass is 32.2. The van der Waals surface area contributed by atoms with Gasteiger partial charge < -0.3 is 10.1 Å². The van der Waals surface area contributed by atoms with Crippen molar-refractivity contribution in [2.45, 2.75) is 13.5 Å². The van der Waals surface area contributed by atoms with Gasteiger partial charge in [0.25, 0.3) is 11.1 Å². The third kappa shape index (κ3) is 5.78. The Kier molecular flexibility index (Phi) is 7.29. The predicted octanol–water partition coefficient (Wildman–Crippen LogP) is 5.12. The van der Waals surface area contributed by atoms with Crippen molar-refractivity contribution in [3.8, 4) is 11.8 Å². The van der Waals surface area contributed by atoms with Crippen molar-refractivity contribution in [1.29, 1.82) is 5.26 Å². The molecule has 7 nitrogen and oxygen atoms in total. The molecule has 3 aromatic rings. The maximum Gasteiger partial charge on any atom is 0.294 e. The van der Waals surface area contributed by atoms with Gasteiger partial charge in [-0.05, 0) is 54.6 Å². The minimum atomic E-state index is -0.538. The molecule has 0 aliphatic carbocycles. The van der Waals surface area contributed by atoms with E-state index in [4.69, 9.17) is 4.74 Å². The number of amides is 3. The highest BCUT2D eigenvalue weighted by Gasteiger charge is 2.36. The van der Waals surface area contributed by atoms with E-state index in [1.165, 1.54) is 0 Å². The first-order chi connectivity index (χ1) is 16.9. The first-order valence-electron chi connectivity index (χ1n) is 10.8. The van der Waals surface area contributed by atoms with Crippen molar-refractivity contribution in [3.63, 3.8) is 0 Å². The van der Waals surface area contributed by atoms with E-state index in [2.05, 4.69) is 11.4 Å². The molecule has 1 fully saturated rings. The molecule has 1 aliphatic rings. The molecular weight excluding hydrogens is 462 g/mol. The van der Waals surface area contributed by atoms with Crippen molar-refractivity contribution < 1.29 is 19.1 Å². The number of rotatable bonds is 7. The molecule has 174 valence electrons. The van der Waals surface area contributed by atoms with Gasteiger partial charge in [-0.15, -0.1) is 0 Å². The SMILES string of the molecule is Cc1cccc(NC(=O)CN2C(=O)S/C(=C\c3ccccc3OCc3ccccc3C#N)C2=O)c1. The normalized spacial score (nSPS) is 14.2. The molecule has 3 aromatic carbocycles. The first-order valence-corrected chi connectivity index (χ1v) is 11.6. The summed E-state index contributed by atoms with van der Waals surface area (Å²) in [6.07, 6.45) is 1.58. The van der Waals surface area contributed by atoms with Gasteiger partial charge in [-0.3, -0.25) is 19.3 Å². The highest BCUT2D eigenvalue weighted by Crippen LogP contribution is 2.34. The van der Waals surface area contributed by atoms with Crippen molar-refractivity contribution in [3.05, 3.63) is 100.0 Å². The fourth-order valence-electron chi connectivity index (χ4n) is 3.49. The number of carbonyl (C=O) groups excluding carboxylic acids is 3. The van der Waals surface area contributed by atoms with Crippen molar-refractivity contribution in [1.82, 2.24) is 4.90 Å². The maximum atomic E-state index is 12.9. The van der Waals surface area contributed by atoms with E-state index in [-0.39, 0.29) is 18.1 Å². The lowest BCUT2D eigenvalue weighted by Crippen LogP contribution is -2.36. The van der Waals surface area contributed by atoms with Crippen LogP contribution in [0, 0.1) is 18.3 Å². The summed E-state index contributed by atoms with van der Waals surface area (Å²) in [7, 11) is 0. The van der Waals surface area contributed by atoms with Gasteiger partial charge in [0, 0.05) is 16.8 Å². The number of nitrogens with one attached hydrogen (secondary N) is 1. The minimum Gasteiger partial charge on any atom is -0.488 e. The number of nitrogens with zero attached hydrogens (tertiary/aromatic N) is 2. The summed E-state index contributed by atoms with van der Waals surface area (Å²) in [6, 6.07) is 23.7. The molecule has 0 radical (unpaired) electrons. The van der Waals surface area contributed by atoms with E-state index >= 15 is 0 Å². The fourth-order valence-corrected chi connectivity index (χ4v) is 4.32. The van der Waals surface area contributed by atoms with Gasteiger partial charge in [0.1, 0.15) is 18.9 Å². The van der Waals surface area contributed by atoms with Gasteiger partial charge >= 0.3 is 0 Å². The molecule has 3 amide bonds. The number of hydrogen-bond donors (Lipinski definition) is 1. The molecule has 1 heterocycles. The van der Waals surface area contributed by atoms with E-state index < -0.39 is 17.1 Å². The molecular formula is C27H21N3O4S. The van der Waals surface area contributed by atoms with Crippen molar-refractivity contribution in [2.75, 3.05) is 11.9 Å². The average Bonchev–Trinajstić information content (AvgIpc) is 3.11. The number of ether oxygens (including phenoxy) is 1. The fraction of sp³-hybridized carbons (Fsp3) is 0.111. The molecule has 4 rings (SSSR count). The second-order valence-electron chi connectivity index (χ2n) is 7.78. The quantitative estimate of drug-likeness (QED) is 0.468. The molecule has 0 atom stereocenters. The van der Waals surface area contributed by atoms with E-state index in [1.54, 1.807) is 54.6 Å². The number of aryl methyl sites for hydroxylation is 1. The van der Waals surface area contributed by atoms with Gasteiger partial charge in [0.2, 0.25) is 5.91 Å². The van der Waals surface area contributed by atoms with Crippen LogP contribution in [0.15, 0.2) is 77.7 Å². The third-order valence-electron chi connectivity index (χ3n) is 5.20. The van der Waals surface area contributed by atoms with Crippen LogP contribution in [0.5, 0.6) is 5.75 Å². The highest BCUT2D eigenvalue weighted by molar-refractivity contribution is 8.18. The molecule has 8 heteroatoms. The Morgan fingerprint density at radius 3 is 2.66 bits per heavy atom. The summed E-state index contributed by atoms with van der Waals surface area (Å²) >= 11 is 0.777. The number of para-hydroxylation sites is 1. The van der Waals surface area contributed by atoms with Crippen LogP contribution in [0.3, 0.4) is 0 Å². The Balaban J connectivity index is 1.46. The molecule has 1 N–H and O–H groups in total. The van der Waals surface area contributed by atoms with Crippen LogP contribution in [0.2, 0.25) is 0 Å². The van der Waals surface area contributed by atoms with Gasteiger partial charge in [0.05, 0.1) is 16.5 Å². The molecule has 35 heavy (non-hydrogen) atoms. The summed E-state index contributed by atoms with van der Waals surface area (Å²) in [5, 5.41) is 11.5. The number of thioether (sulfide) groups is 1. The molecule has 1 saturated heterocycles. The molecule has 0 spiro atoms. The van der Waals surface area contributed by atoms with Crippen LogP contribution in [-0.4, -0.2) is 28.5 Å². The topological polar surface area (TPSA) is 99.5 Å². The number of carbonyl (C=O) groups is 3. The van der Waals surface area contributed by atoms with Crippen LogP contribution < -0.4 is 10.1 Å². The van der Waals surface area contributed by atoms with Crippen LogP contribution in [0.25, 0.3) is 6.08 Å².